The van der Waals surface area contributed by atoms with Crippen LogP contribution >= 0.6 is 7.82 Å². The van der Waals surface area contributed by atoms with Crippen molar-refractivity contribution in [3.05, 3.63) is 109 Å². The summed E-state index contributed by atoms with van der Waals surface area (Å²) in [6.45, 7) is 4.39. The Kier molecular flexibility index (Phi) is 43.3. The molecule has 0 heterocycles. The van der Waals surface area contributed by atoms with Crippen LogP contribution < -0.4 is 10.2 Å². The number of nitrogens with one attached hydrogen (secondary N) is 1. The summed E-state index contributed by atoms with van der Waals surface area (Å²) < 4.78 is 23.0. The van der Waals surface area contributed by atoms with Gasteiger partial charge in [-0.2, -0.15) is 0 Å². The van der Waals surface area contributed by atoms with Gasteiger partial charge in [-0.15, -0.1) is 0 Å². The van der Waals surface area contributed by atoms with Crippen LogP contribution in [0.3, 0.4) is 0 Å². The van der Waals surface area contributed by atoms with Crippen LogP contribution in [0.1, 0.15) is 181 Å². The fraction of sp³-hybridized carbons (Fsp3) is 0.655. The molecule has 0 aromatic heterocycles. The summed E-state index contributed by atoms with van der Waals surface area (Å²) in [4.78, 5) is 25.1. The highest BCUT2D eigenvalue weighted by molar-refractivity contribution is 7.45. The van der Waals surface area contributed by atoms with E-state index in [1.54, 1.807) is 6.08 Å². The van der Waals surface area contributed by atoms with E-state index in [2.05, 4.69) is 116 Å². The molecule has 0 aliphatic rings. The number of rotatable bonds is 44. The fourth-order valence-electron chi connectivity index (χ4n) is 6.52. The monoisotopic (exact) mass is 911 g/mol. The molecule has 0 bridgehead atoms. The van der Waals surface area contributed by atoms with Gasteiger partial charge in [-0.1, -0.05) is 200 Å². The zero-order chi connectivity index (χ0) is 47.1. The lowest BCUT2D eigenvalue weighted by atomic mass is 10.0. The lowest BCUT2D eigenvalue weighted by molar-refractivity contribution is -0.870. The molecule has 1 amide bonds. The molecule has 0 aromatic rings. The number of hydrogen-bond donors (Lipinski definition) is 2. The Morgan fingerprint density at radius 2 is 0.953 bits per heavy atom. The molecule has 0 aromatic carbocycles. The largest absolute Gasteiger partial charge is 0.756 e. The number of phosphoric acid groups is 1. The average Bonchev–Trinajstić information content (AvgIpc) is 3.25. The first-order valence-corrected chi connectivity index (χ1v) is 26.7. The zero-order valence-corrected chi connectivity index (χ0v) is 42.3. The molecule has 3 unspecified atom stereocenters. The summed E-state index contributed by atoms with van der Waals surface area (Å²) in [5, 5.41) is 13.6. The molecule has 64 heavy (non-hydrogen) atoms. The molecule has 0 radical (unpaired) electrons. The van der Waals surface area contributed by atoms with E-state index in [1.807, 2.05) is 27.2 Å². The van der Waals surface area contributed by atoms with Gasteiger partial charge in [0.15, 0.2) is 0 Å². The van der Waals surface area contributed by atoms with Gasteiger partial charge in [0.25, 0.3) is 7.82 Å². The molecule has 0 spiro atoms. The summed E-state index contributed by atoms with van der Waals surface area (Å²) in [6, 6.07) is -0.889. The summed E-state index contributed by atoms with van der Waals surface area (Å²) in [6.07, 6.45) is 66.4. The Balaban J connectivity index is 3.91. The van der Waals surface area contributed by atoms with Crippen molar-refractivity contribution in [1.82, 2.24) is 5.32 Å². The predicted octanol–water partition coefficient (Wildman–Crippen LogP) is 14.2. The van der Waals surface area contributed by atoms with Crippen molar-refractivity contribution >= 4 is 13.7 Å². The first-order chi connectivity index (χ1) is 31.0. The topological polar surface area (TPSA) is 108 Å². The van der Waals surface area contributed by atoms with Crippen LogP contribution in [0.15, 0.2) is 109 Å². The van der Waals surface area contributed by atoms with Crippen LogP contribution in [0, 0.1) is 0 Å². The molecule has 0 fully saturated rings. The van der Waals surface area contributed by atoms with E-state index in [0.29, 0.717) is 17.4 Å². The highest BCUT2D eigenvalue weighted by atomic mass is 31.2. The second kappa shape index (κ2) is 45.3. The van der Waals surface area contributed by atoms with E-state index >= 15 is 0 Å². The van der Waals surface area contributed by atoms with Crippen molar-refractivity contribution in [2.24, 2.45) is 0 Å². The minimum Gasteiger partial charge on any atom is -0.756 e. The Labute approximate surface area is 393 Å². The number of nitrogens with zero attached hydrogens (tertiary/aromatic N) is 1. The number of amides is 1. The first-order valence-electron chi connectivity index (χ1n) is 25.2. The molecule has 3 atom stereocenters. The van der Waals surface area contributed by atoms with E-state index in [0.717, 1.165) is 96.3 Å². The minimum atomic E-state index is -4.58. The summed E-state index contributed by atoms with van der Waals surface area (Å²) >= 11 is 0. The predicted molar refractivity (Wildman–Crippen MR) is 274 cm³/mol. The second-order valence-corrected chi connectivity index (χ2v) is 19.2. The van der Waals surface area contributed by atoms with Crippen LogP contribution in [-0.4, -0.2) is 68.5 Å². The quantitative estimate of drug-likeness (QED) is 0.0273. The maximum atomic E-state index is 12.8. The van der Waals surface area contributed by atoms with Crippen molar-refractivity contribution in [2.75, 3.05) is 40.9 Å². The van der Waals surface area contributed by atoms with Gasteiger partial charge in [-0.05, 0) is 83.5 Å². The van der Waals surface area contributed by atoms with Crippen molar-refractivity contribution in [3.8, 4) is 0 Å². The normalized spacial score (nSPS) is 15.0. The number of likely N-dealkylation sites (N-methyl/N-ethyl adjacent to an activating group) is 1. The molecule has 366 valence electrons. The standard InChI is InChI=1S/C55H95N2O6P/c1-6-8-10-12-13-14-15-16-17-18-19-20-21-22-23-24-25-26-27-28-29-30-31-32-33-34-35-36-37-38-39-40-41-42-43-45-47-49-55(59)56-53(54(58)48-46-44-11-9-7-2)52-63-64(60,61)62-51-50-57(3,4)5/h8,10,13-14,16-17,19-20,22-23,25-26,28-29,31-32,46,48,53-54,58H,6-7,9,11-12,15,18,21,24,27,30,33-45,47,49-52H2,1-5H3,(H-,56,59,60,61)/b10-8-,14-13-,17-16-,20-19-,23-22-,26-25-,29-28-,32-31-,48-46+. The highest BCUT2D eigenvalue weighted by Crippen LogP contribution is 2.38. The zero-order valence-electron chi connectivity index (χ0n) is 41.4. The van der Waals surface area contributed by atoms with Gasteiger partial charge in [-0.3, -0.25) is 9.36 Å². The number of aliphatic hydroxyl groups excluding tert-OH is 1. The third-order valence-corrected chi connectivity index (χ3v) is 11.5. The van der Waals surface area contributed by atoms with Gasteiger partial charge in [0.05, 0.1) is 39.9 Å². The van der Waals surface area contributed by atoms with Crippen LogP contribution in [0.25, 0.3) is 0 Å². The molecule has 0 aliphatic carbocycles. The number of unbranched alkanes of at least 4 members (excludes halogenated alkanes) is 15. The summed E-state index contributed by atoms with van der Waals surface area (Å²) in [5.41, 5.74) is 0. The Bertz CT molecular complexity index is 1400. The highest BCUT2D eigenvalue weighted by Gasteiger charge is 2.23. The number of quaternary nitrogens is 1. The van der Waals surface area contributed by atoms with E-state index in [-0.39, 0.29) is 19.1 Å². The first kappa shape index (κ1) is 61.2. The average molecular weight is 911 g/mol. The summed E-state index contributed by atoms with van der Waals surface area (Å²) in [5.74, 6) is -0.213. The SMILES string of the molecule is CC/C=C\C/C=C\C/C=C\C/C=C\C/C=C\C/C=C\C/C=C\C/C=C\CCCCCCCCCCCCCCC(=O)NC(COP(=O)([O-])OCC[N+](C)(C)C)C(O)/C=C/CCCCC. The van der Waals surface area contributed by atoms with Gasteiger partial charge in [0.1, 0.15) is 13.2 Å². The third-order valence-electron chi connectivity index (χ3n) is 10.5. The molecule has 0 aliphatic heterocycles. The number of phosphoric ester groups is 1. The van der Waals surface area contributed by atoms with Crippen LogP contribution in [0.4, 0.5) is 0 Å². The minimum absolute atomic E-state index is 0.00694. The van der Waals surface area contributed by atoms with E-state index in [4.69, 9.17) is 9.05 Å². The number of carbonyl (C=O) groups is 1. The lowest BCUT2D eigenvalue weighted by Crippen LogP contribution is -2.45. The number of aliphatic hydroxyl groups is 1. The van der Waals surface area contributed by atoms with E-state index < -0.39 is 20.0 Å². The Hall–Kier alpha value is -2.84. The lowest BCUT2D eigenvalue weighted by Gasteiger charge is -2.29. The molecule has 0 saturated carbocycles. The number of carbonyl (C=O) groups excluding carboxylic acids is 1. The van der Waals surface area contributed by atoms with E-state index in [1.165, 1.54) is 64.2 Å². The van der Waals surface area contributed by atoms with E-state index in [9.17, 15) is 19.4 Å². The molecule has 8 nitrogen and oxygen atoms in total. The molecular formula is C55H95N2O6P. The Morgan fingerprint density at radius 3 is 1.39 bits per heavy atom. The molecule has 2 N–H and O–H groups in total. The fourth-order valence-corrected chi connectivity index (χ4v) is 7.24. The Morgan fingerprint density at radius 1 is 0.562 bits per heavy atom. The van der Waals surface area contributed by atoms with Gasteiger partial charge in [-0.25, -0.2) is 0 Å². The number of allylic oxidation sites excluding steroid dienone is 17. The molecule has 9 heteroatoms. The smallest absolute Gasteiger partial charge is 0.268 e. The third kappa shape index (κ3) is 47.1. The van der Waals surface area contributed by atoms with Crippen molar-refractivity contribution in [1.29, 1.82) is 0 Å². The molecule has 0 rings (SSSR count). The van der Waals surface area contributed by atoms with Gasteiger partial charge < -0.3 is 28.8 Å². The van der Waals surface area contributed by atoms with Crippen molar-refractivity contribution < 1.29 is 32.9 Å². The maximum absolute atomic E-state index is 12.8. The van der Waals surface area contributed by atoms with Crippen LogP contribution in [-0.2, 0) is 18.4 Å². The van der Waals surface area contributed by atoms with Gasteiger partial charge >= 0.3 is 0 Å². The molecular weight excluding hydrogens is 816 g/mol. The molecule has 0 saturated heterocycles. The summed E-state index contributed by atoms with van der Waals surface area (Å²) in [7, 11) is 1.24. The van der Waals surface area contributed by atoms with Gasteiger partial charge in [0.2, 0.25) is 5.91 Å². The maximum Gasteiger partial charge on any atom is 0.268 e. The van der Waals surface area contributed by atoms with Crippen LogP contribution in [0.2, 0.25) is 0 Å². The van der Waals surface area contributed by atoms with Gasteiger partial charge in [0, 0.05) is 6.42 Å². The van der Waals surface area contributed by atoms with Crippen LogP contribution in [0.5, 0.6) is 0 Å². The second-order valence-electron chi connectivity index (χ2n) is 17.8. The van der Waals surface area contributed by atoms with Crippen molar-refractivity contribution in [2.45, 2.75) is 193 Å². The van der Waals surface area contributed by atoms with Crippen molar-refractivity contribution in [3.63, 3.8) is 0 Å². The number of hydrogen-bond acceptors (Lipinski definition) is 6.